The highest BCUT2D eigenvalue weighted by Gasteiger charge is 2.22. The first-order chi connectivity index (χ1) is 13.1. The molecule has 0 spiro atoms. The molecule has 0 bridgehead atoms. The van der Waals surface area contributed by atoms with E-state index >= 15 is 0 Å². The van der Waals surface area contributed by atoms with Crippen molar-refractivity contribution in [2.45, 2.75) is 50.6 Å². The molecule has 2 rings (SSSR count). The van der Waals surface area contributed by atoms with Crippen LogP contribution < -0.4 is 11.1 Å². The van der Waals surface area contributed by atoms with Crippen molar-refractivity contribution in [1.29, 1.82) is 0 Å². The summed E-state index contributed by atoms with van der Waals surface area (Å²) in [4.78, 5) is 23.7. The van der Waals surface area contributed by atoms with E-state index in [1.165, 1.54) is 5.56 Å². The molecule has 27 heavy (non-hydrogen) atoms. The van der Waals surface area contributed by atoms with Crippen LogP contribution in [-0.4, -0.2) is 29.1 Å². The summed E-state index contributed by atoms with van der Waals surface area (Å²) < 4.78 is 0. The molecule has 0 aliphatic carbocycles. The number of carbonyl (C=O) groups excluding carboxylic acids is 1. The summed E-state index contributed by atoms with van der Waals surface area (Å²) >= 11 is 0. The van der Waals surface area contributed by atoms with Crippen LogP contribution in [0.2, 0.25) is 0 Å². The number of nitrogens with two attached hydrogens (primary N) is 1. The zero-order chi connectivity index (χ0) is 19.5. The average molecular weight is 368 g/mol. The molecule has 2 aromatic rings. The number of hydrogen-bond donors (Lipinski definition) is 3. The second-order valence-electron chi connectivity index (χ2n) is 6.76. The maximum Gasteiger partial charge on any atom is 0.326 e. The number of nitrogens with one attached hydrogen (secondary N) is 1. The van der Waals surface area contributed by atoms with Gasteiger partial charge < -0.3 is 16.2 Å². The molecule has 0 aliphatic heterocycles. The van der Waals surface area contributed by atoms with Crippen molar-refractivity contribution < 1.29 is 14.7 Å². The van der Waals surface area contributed by atoms with Crippen LogP contribution in [0.25, 0.3) is 0 Å². The van der Waals surface area contributed by atoms with Crippen LogP contribution in [0.15, 0.2) is 60.7 Å². The Morgan fingerprint density at radius 3 is 1.81 bits per heavy atom. The molecule has 5 heteroatoms. The van der Waals surface area contributed by atoms with Crippen molar-refractivity contribution in [1.82, 2.24) is 5.32 Å². The SMILES string of the molecule is N[C@@H](CCCc1ccccc1)C(=O)N[C@@H](CCCc1ccccc1)C(=O)O. The first kappa shape index (κ1) is 20.6. The van der Waals surface area contributed by atoms with E-state index in [0.29, 0.717) is 19.3 Å². The molecule has 0 unspecified atom stereocenters. The normalized spacial score (nSPS) is 12.9. The zero-order valence-electron chi connectivity index (χ0n) is 15.5. The van der Waals surface area contributed by atoms with Gasteiger partial charge >= 0.3 is 5.97 Å². The van der Waals surface area contributed by atoms with Gasteiger partial charge in [-0.05, 0) is 49.7 Å². The van der Waals surface area contributed by atoms with Crippen LogP contribution in [0, 0.1) is 0 Å². The molecule has 2 aromatic carbocycles. The molecule has 1 amide bonds. The second-order valence-corrected chi connectivity index (χ2v) is 6.76. The number of benzene rings is 2. The van der Waals surface area contributed by atoms with E-state index in [1.54, 1.807) is 0 Å². The van der Waals surface area contributed by atoms with Crippen LogP contribution >= 0.6 is 0 Å². The third-order valence-corrected chi connectivity index (χ3v) is 4.58. The fourth-order valence-electron chi connectivity index (χ4n) is 2.99. The highest BCUT2D eigenvalue weighted by atomic mass is 16.4. The van der Waals surface area contributed by atoms with E-state index in [4.69, 9.17) is 5.73 Å². The molecule has 0 radical (unpaired) electrons. The summed E-state index contributed by atoms with van der Waals surface area (Å²) in [5.41, 5.74) is 8.31. The van der Waals surface area contributed by atoms with E-state index in [2.05, 4.69) is 5.32 Å². The van der Waals surface area contributed by atoms with Gasteiger partial charge in [-0.1, -0.05) is 60.7 Å². The van der Waals surface area contributed by atoms with E-state index in [0.717, 1.165) is 24.8 Å². The van der Waals surface area contributed by atoms with Gasteiger partial charge in [0.25, 0.3) is 0 Å². The van der Waals surface area contributed by atoms with Gasteiger partial charge in [-0.15, -0.1) is 0 Å². The van der Waals surface area contributed by atoms with Crippen LogP contribution in [0.4, 0.5) is 0 Å². The van der Waals surface area contributed by atoms with Crippen LogP contribution in [0.5, 0.6) is 0 Å². The van der Waals surface area contributed by atoms with Crippen LogP contribution in [0.1, 0.15) is 36.8 Å². The average Bonchev–Trinajstić information content (AvgIpc) is 2.68. The van der Waals surface area contributed by atoms with Crippen molar-refractivity contribution in [3.8, 4) is 0 Å². The van der Waals surface area contributed by atoms with E-state index in [9.17, 15) is 14.7 Å². The summed E-state index contributed by atoms with van der Waals surface area (Å²) in [6, 6.07) is 18.3. The third kappa shape index (κ3) is 7.62. The number of aliphatic carboxylic acids is 1. The molecule has 0 fully saturated rings. The minimum atomic E-state index is -1.02. The maximum atomic E-state index is 12.2. The van der Waals surface area contributed by atoms with Gasteiger partial charge in [0.2, 0.25) is 5.91 Å². The lowest BCUT2D eigenvalue weighted by Gasteiger charge is -2.18. The Bertz CT molecular complexity index is 704. The predicted molar refractivity (Wildman–Crippen MR) is 106 cm³/mol. The smallest absolute Gasteiger partial charge is 0.326 e. The molecular weight excluding hydrogens is 340 g/mol. The largest absolute Gasteiger partial charge is 0.480 e. The van der Waals surface area contributed by atoms with Crippen molar-refractivity contribution >= 4 is 11.9 Å². The Morgan fingerprint density at radius 2 is 1.33 bits per heavy atom. The summed E-state index contributed by atoms with van der Waals surface area (Å²) in [6.07, 6.45) is 4.00. The maximum absolute atomic E-state index is 12.2. The molecule has 0 heterocycles. The van der Waals surface area contributed by atoms with E-state index < -0.39 is 24.0 Å². The topological polar surface area (TPSA) is 92.4 Å². The Balaban J connectivity index is 1.73. The quantitative estimate of drug-likeness (QED) is 0.569. The highest BCUT2D eigenvalue weighted by Crippen LogP contribution is 2.09. The number of carboxylic acid groups (broad SMARTS) is 1. The van der Waals surface area contributed by atoms with Gasteiger partial charge in [0.1, 0.15) is 6.04 Å². The number of hydrogen-bond acceptors (Lipinski definition) is 3. The van der Waals surface area contributed by atoms with Gasteiger partial charge in [-0.3, -0.25) is 4.79 Å². The first-order valence-electron chi connectivity index (χ1n) is 9.43. The first-order valence-corrected chi connectivity index (χ1v) is 9.43. The van der Waals surface area contributed by atoms with Crippen LogP contribution in [-0.2, 0) is 22.4 Å². The van der Waals surface area contributed by atoms with Crippen molar-refractivity contribution in [2.75, 3.05) is 0 Å². The molecule has 0 saturated heterocycles. The highest BCUT2D eigenvalue weighted by molar-refractivity contribution is 5.86. The minimum Gasteiger partial charge on any atom is -0.480 e. The van der Waals surface area contributed by atoms with E-state index in [1.807, 2.05) is 60.7 Å². The summed E-state index contributed by atoms with van der Waals surface area (Å²) in [6.45, 7) is 0. The van der Waals surface area contributed by atoms with Gasteiger partial charge in [0, 0.05) is 0 Å². The van der Waals surface area contributed by atoms with Gasteiger partial charge in [0.05, 0.1) is 6.04 Å². The number of aryl methyl sites for hydroxylation is 2. The van der Waals surface area contributed by atoms with Crippen LogP contribution in [0.3, 0.4) is 0 Å². The number of rotatable bonds is 11. The second kappa shape index (κ2) is 11.1. The number of carbonyl (C=O) groups is 2. The molecule has 0 saturated carbocycles. The summed E-state index contributed by atoms with van der Waals surface area (Å²) in [7, 11) is 0. The number of amides is 1. The fourth-order valence-corrected chi connectivity index (χ4v) is 2.99. The van der Waals surface area contributed by atoms with Gasteiger partial charge in [-0.2, -0.15) is 0 Å². The Kier molecular flexibility index (Phi) is 8.52. The number of carboxylic acids is 1. The summed E-state index contributed by atoms with van der Waals surface area (Å²) in [5.74, 6) is -1.41. The summed E-state index contributed by atoms with van der Waals surface area (Å²) in [5, 5.41) is 12.0. The lowest BCUT2D eigenvalue weighted by atomic mass is 10.0. The minimum absolute atomic E-state index is 0.382. The molecule has 4 N–H and O–H groups in total. The lowest BCUT2D eigenvalue weighted by Crippen LogP contribution is -2.48. The molecule has 144 valence electrons. The zero-order valence-corrected chi connectivity index (χ0v) is 15.5. The molecular formula is C22H28N2O3. The molecule has 0 aliphatic rings. The van der Waals surface area contributed by atoms with Gasteiger partial charge in [0.15, 0.2) is 0 Å². The van der Waals surface area contributed by atoms with Crippen molar-refractivity contribution in [3.05, 3.63) is 71.8 Å². The Morgan fingerprint density at radius 1 is 0.852 bits per heavy atom. The van der Waals surface area contributed by atoms with Crippen molar-refractivity contribution in [2.24, 2.45) is 5.73 Å². The predicted octanol–water partition coefficient (Wildman–Crippen LogP) is 2.93. The van der Waals surface area contributed by atoms with E-state index in [-0.39, 0.29) is 0 Å². The molecule has 5 nitrogen and oxygen atoms in total. The molecule has 2 atom stereocenters. The lowest BCUT2D eigenvalue weighted by molar-refractivity contribution is -0.142. The Labute approximate surface area is 160 Å². The third-order valence-electron chi connectivity index (χ3n) is 4.58. The fraction of sp³-hybridized carbons (Fsp3) is 0.364. The van der Waals surface area contributed by atoms with Crippen molar-refractivity contribution in [3.63, 3.8) is 0 Å². The van der Waals surface area contributed by atoms with Gasteiger partial charge in [-0.25, -0.2) is 4.79 Å². The molecule has 0 aromatic heterocycles. The monoisotopic (exact) mass is 368 g/mol. The standard InChI is InChI=1S/C22H28N2O3/c23-19(15-7-13-17-9-3-1-4-10-17)21(25)24-20(22(26)27)16-8-14-18-11-5-2-6-12-18/h1-6,9-12,19-20H,7-8,13-16,23H2,(H,24,25)(H,26,27)/t19-,20-/m0/s1. The Hall–Kier alpha value is -2.66.